The Morgan fingerprint density at radius 2 is 2.24 bits per heavy atom. The van der Waals surface area contributed by atoms with Crippen molar-refractivity contribution < 1.29 is 4.74 Å². The van der Waals surface area contributed by atoms with Crippen LogP contribution in [0.5, 0.6) is 5.75 Å². The molecule has 0 spiro atoms. The molecule has 1 N–H and O–H groups in total. The smallest absolute Gasteiger partial charge is 0.178 e. The lowest BCUT2D eigenvalue weighted by molar-refractivity contribution is 0.245. The molecule has 3 rings (SSSR count). The molecule has 21 heavy (non-hydrogen) atoms. The molecule has 0 amide bonds. The maximum Gasteiger partial charge on any atom is 0.178 e. The zero-order valence-corrected chi connectivity index (χ0v) is 13.7. The summed E-state index contributed by atoms with van der Waals surface area (Å²) in [5, 5.41) is 0. The van der Waals surface area contributed by atoms with Crippen molar-refractivity contribution in [3.8, 4) is 5.75 Å². The fourth-order valence-corrected chi connectivity index (χ4v) is 3.40. The van der Waals surface area contributed by atoms with Crippen molar-refractivity contribution in [3.63, 3.8) is 0 Å². The summed E-state index contributed by atoms with van der Waals surface area (Å²) < 4.78 is 8.90. The van der Waals surface area contributed by atoms with Gasteiger partial charge in [0.15, 0.2) is 4.77 Å². The lowest BCUT2D eigenvalue weighted by Gasteiger charge is -2.13. The van der Waals surface area contributed by atoms with Gasteiger partial charge in [0.2, 0.25) is 0 Å². The predicted molar refractivity (Wildman–Crippen MR) is 88.5 cm³/mol. The average Bonchev–Trinajstić information content (AvgIpc) is 2.96. The molecule has 1 aromatic carbocycles. The summed E-state index contributed by atoms with van der Waals surface area (Å²) in [4.78, 5) is 5.71. The molecule has 1 atom stereocenters. The Bertz CT molecular complexity index is 688. The number of nitrogens with one attached hydrogen (secondary N) is 1. The number of ether oxygens (including phenoxy) is 1. The molecule has 0 radical (unpaired) electrons. The molecule has 0 aliphatic carbocycles. The van der Waals surface area contributed by atoms with Crippen molar-refractivity contribution in [3.05, 3.63) is 23.0 Å². The highest BCUT2D eigenvalue weighted by molar-refractivity contribution is 7.71. The van der Waals surface area contributed by atoms with E-state index in [0.29, 0.717) is 5.92 Å². The van der Waals surface area contributed by atoms with Crippen LogP contribution in [0.1, 0.15) is 20.3 Å². The molecule has 0 saturated carbocycles. The molecule has 1 aromatic heterocycles. The Hall–Kier alpha value is -1.33. The van der Waals surface area contributed by atoms with E-state index in [-0.39, 0.29) is 6.10 Å². The Morgan fingerprint density at radius 3 is 2.90 bits per heavy atom. The van der Waals surface area contributed by atoms with Gasteiger partial charge in [-0.2, -0.15) is 0 Å². The normalized spacial score (nSPS) is 19.7. The van der Waals surface area contributed by atoms with Gasteiger partial charge in [0.25, 0.3) is 0 Å². The van der Waals surface area contributed by atoms with Gasteiger partial charge >= 0.3 is 0 Å². The van der Waals surface area contributed by atoms with Gasteiger partial charge in [-0.05, 0) is 64.1 Å². The minimum atomic E-state index is 0.157. The summed E-state index contributed by atoms with van der Waals surface area (Å²) >= 11 is 5.53. The van der Waals surface area contributed by atoms with Crippen molar-refractivity contribution in [2.75, 3.05) is 20.1 Å². The Balaban J connectivity index is 1.96. The molecule has 1 fully saturated rings. The van der Waals surface area contributed by atoms with E-state index in [4.69, 9.17) is 17.0 Å². The first kappa shape index (κ1) is 14.6. The van der Waals surface area contributed by atoms with Crippen LogP contribution in [0.3, 0.4) is 0 Å². The van der Waals surface area contributed by atoms with Crippen LogP contribution in [0.25, 0.3) is 11.0 Å². The van der Waals surface area contributed by atoms with Gasteiger partial charge in [-0.15, -0.1) is 0 Å². The first-order valence-electron chi connectivity index (χ1n) is 7.61. The number of nitrogens with zero attached hydrogens (tertiary/aromatic N) is 2. The Kier molecular flexibility index (Phi) is 4.04. The third kappa shape index (κ3) is 2.99. The minimum Gasteiger partial charge on any atom is -0.489 e. The van der Waals surface area contributed by atoms with Crippen molar-refractivity contribution >= 4 is 23.3 Å². The molecular weight excluding hydrogens is 282 g/mol. The summed E-state index contributed by atoms with van der Waals surface area (Å²) in [6, 6.07) is 6.16. The predicted octanol–water partition coefficient (Wildman–Crippen LogP) is 3.44. The van der Waals surface area contributed by atoms with E-state index in [1.807, 2.05) is 26.0 Å². The van der Waals surface area contributed by atoms with Crippen molar-refractivity contribution in [2.45, 2.75) is 32.9 Å². The molecule has 2 heterocycles. The van der Waals surface area contributed by atoms with E-state index >= 15 is 0 Å². The molecular formula is C16H23N3OS. The fraction of sp³-hybridized carbons (Fsp3) is 0.562. The highest BCUT2D eigenvalue weighted by Crippen LogP contribution is 2.27. The number of benzene rings is 1. The minimum absolute atomic E-state index is 0.157. The number of H-pyrrole nitrogens is 1. The molecule has 0 bridgehead atoms. The number of aromatic nitrogens is 2. The summed E-state index contributed by atoms with van der Waals surface area (Å²) in [5.41, 5.74) is 2.16. The second-order valence-corrected chi connectivity index (χ2v) is 6.66. The van der Waals surface area contributed by atoms with Crippen LogP contribution >= 0.6 is 12.2 Å². The molecule has 1 aliphatic rings. The molecule has 1 unspecified atom stereocenters. The zero-order valence-electron chi connectivity index (χ0n) is 12.9. The van der Waals surface area contributed by atoms with Crippen LogP contribution in [-0.2, 0) is 6.54 Å². The quantitative estimate of drug-likeness (QED) is 0.879. The monoisotopic (exact) mass is 305 g/mol. The molecule has 5 heteroatoms. The van der Waals surface area contributed by atoms with E-state index in [1.165, 1.54) is 13.0 Å². The highest BCUT2D eigenvalue weighted by Gasteiger charge is 2.21. The first-order chi connectivity index (χ1) is 10.0. The van der Waals surface area contributed by atoms with Crippen molar-refractivity contribution in [2.24, 2.45) is 5.92 Å². The number of para-hydroxylation sites is 1. The zero-order chi connectivity index (χ0) is 15.0. The SMILES string of the molecule is CC(C)Oc1cccc2c1[nH]c(=S)n2CC1CCN(C)C1. The average molecular weight is 305 g/mol. The summed E-state index contributed by atoms with van der Waals surface area (Å²) in [7, 11) is 2.18. The first-order valence-corrected chi connectivity index (χ1v) is 8.02. The molecule has 114 valence electrons. The molecule has 4 nitrogen and oxygen atoms in total. The van der Waals surface area contributed by atoms with Crippen molar-refractivity contribution in [1.82, 2.24) is 14.5 Å². The number of hydrogen-bond donors (Lipinski definition) is 1. The Labute approximate surface area is 130 Å². The van der Waals surface area contributed by atoms with E-state index in [1.54, 1.807) is 0 Å². The van der Waals surface area contributed by atoms with E-state index in [0.717, 1.165) is 34.6 Å². The number of rotatable bonds is 4. The number of aromatic amines is 1. The second kappa shape index (κ2) is 5.81. The number of hydrogen-bond acceptors (Lipinski definition) is 3. The fourth-order valence-electron chi connectivity index (χ4n) is 3.12. The van der Waals surface area contributed by atoms with Gasteiger partial charge < -0.3 is 19.2 Å². The van der Waals surface area contributed by atoms with Gasteiger partial charge in [-0.25, -0.2) is 0 Å². The van der Waals surface area contributed by atoms with Crippen LogP contribution in [0.2, 0.25) is 0 Å². The van der Waals surface area contributed by atoms with Crippen LogP contribution in [-0.4, -0.2) is 40.7 Å². The van der Waals surface area contributed by atoms with Crippen LogP contribution in [0.15, 0.2) is 18.2 Å². The van der Waals surface area contributed by atoms with Crippen LogP contribution < -0.4 is 4.74 Å². The number of imidazole rings is 1. The van der Waals surface area contributed by atoms with Crippen molar-refractivity contribution in [1.29, 1.82) is 0 Å². The van der Waals surface area contributed by atoms with Gasteiger partial charge in [0.1, 0.15) is 11.3 Å². The van der Waals surface area contributed by atoms with E-state index in [2.05, 4.69) is 27.6 Å². The van der Waals surface area contributed by atoms with Crippen LogP contribution in [0, 0.1) is 10.7 Å². The largest absolute Gasteiger partial charge is 0.489 e. The maximum absolute atomic E-state index is 5.88. The van der Waals surface area contributed by atoms with Gasteiger partial charge in [-0.3, -0.25) is 0 Å². The van der Waals surface area contributed by atoms with Gasteiger partial charge in [0, 0.05) is 13.1 Å². The maximum atomic E-state index is 5.88. The number of fused-ring (bicyclic) bond motifs is 1. The van der Waals surface area contributed by atoms with E-state index < -0.39 is 0 Å². The number of likely N-dealkylation sites (tertiary alicyclic amines) is 1. The summed E-state index contributed by atoms with van der Waals surface area (Å²) in [6.07, 6.45) is 1.40. The topological polar surface area (TPSA) is 33.2 Å². The Morgan fingerprint density at radius 1 is 1.43 bits per heavy atom. The summed E-state index contributed by atoms with van der Waals surface area (Å²) in [6.45, 7) is 7.39. The standard InChI is InChI=1S/C16H23N3OS/c1-11(2)20-14-6-4-5-13-15(14)17-16(21)19(13)10-12-7-8-18(3)9-12/h4-6,11-12H,7-10H2,1-3H3,(H,17,21). The summed E-state index contributed by atoms with van der Waals surface area (Å²) in [5.74, 6) is 1.56. The highest BCUT2D eigenvalue weighted by atomic mass is 32.1. The van der Waals surface area contributed by atoms with Crippen LogP contribution in [0.4, 0.5) is 0 Å². The van der Waals surface area contributed by atoms with Gasteiger partial charge in [-0.1, -0.05) is 6.07 Å². The van der Waals surface area contributed by atoms with E-state index in [9.17, 15) is 0 Å². The molecule has 2 aromatic rings. The lowest BCUT2D eigenvalue weighted by Crippen LogP contribution is -2.17. The molecule has 1 aliphatic heterocycles. The second-order valence-electron chi connectivity index (χ2n) is 6.27. The molecule has 1 saturated heterocycles. The lowest BCUT2D eigenvalue weighted by atomic mass is 10.1. The third-order valence-electron chi connectivity index (χ3n) is 4.06. The third-order valence-corrected chi connectivity index (χ3v) is 4.39. The van der Waals surface area contributed by atoms with Gasteiger partial charge in [0.05, 0.1) is 11.6 Å².